The van der Waals surface area contributed by atoms with Crippen molar-refractivity contribution in [1.82, 2.24) is 4.98 Å². The number of hydrogen-bond acceptors (Lipinski definition) is 2. The van der Waals surface area contributed by atoms with E-state index < -0.39 is 0 Å². The Hall–Kier alpha value is -2.92. The van der Waals surface area contributed by atoms with Gasteiger partial charge >= 0.3 is 0 Å². The maximum atomic E-state index is 8.91. The number of rotatable bonds is 9. The van der Waals surface area contributed by atoms with Crippen molar-refractivity contribution in [3.8, 4) is 28.5 Å². The van der Waals surface area contributed by atoms with Crippen LogP contribution in [0.3, 0.4) is 0 Å². The third-order valence-corrected chi connectivity index (χ3v) is 5.18. The predicted octanol–water partition coefficient (Wildman–Crippen LogP) is 7.19. The van der Waals surface area contributed by atoms with Gasteiger partial charge in [0, 0.05) is 17.3 Å². The van der Waals surface area contributed by atoms with Crippen LogP contribution in [-0.2, 0) is 6.42 Å². The van der Waals surface area contributed by atoms with Crippen LogP contribution >= 0.6 is 0 Å². The van der Waals surface area contributed by atoms with E-state index in [2.05, 4.69) is 48.3 Å². The maximum absolute atomic E-state index is 8.91. The molecule has 0 aliphatic rings. The number of pyridine rings is 1. The molecule has 28 heavy (non-hydrogen) atoms. The van der Waals surface area contributed by atoms with E-state index in [1.165, 1.54) is 56.1 Å². The number of aromatic nitrogens is 1. The molecular weight excluding hydrogens is 340 g/mol. The normalized spacial score (nSPS) is 10.6. The maximum Gasteiger partial charge on any atom is 0.0991 e. The highest BCUT2D eigenvalue weighted by molar-refractivity contribution is 5.67. The molecule has 0 radical (unpaired) electrons. The molecule has 1 aromatic heterocycles. The van der Waals surface area contributed by atoms with Gasteiger partial charge < -0.3 is 0 Å². The molecular formula is C26H28N2. The number of nitrogens with zero attached hydrogens (tertiary/aromatic N) is 2. The Balaban J connectivity index is 1.57. The van der Waals surface area contributed by atoms with E-state index in [1.807, 2.05) is 36.5 Å². The molecule has 0 saturated heterocycles. The summed E-state index contributed by atoms with van der Waals surface area (Å²) in [4.78, 5) is 4.61. The van der Waals surface area contributed by atoms with E-state index in [-0.39, 0.29) is 0 Å². The van der Waals surface area contributed by atoms with E-state index >= 15 is 0 Å². The van der Waals surface area contributed by atoms with Gasteiger partial charge in [-0.25, -0.2) is 0 Å². The van der Waals surface area contributed by atoms with Gasteiger partial charge in [-0.2, -0.15) is 5.26 Å². The zero-order valence-electron chi connectivity index (χ0n) is 16.7. The average molecular weight is 369 g/mol. The average Bonchev–Trinajstić information content (AvgIpc) is 2.77. The first kappa shape index (κ1) is 19.8. The van der Waals surface area contributed by atoms with Crippen molar-refractivity contribution in [3.63, 3.8) is 0 Å². The van der Waals surface area contributed by atoms with Gasteiger partial charge in [-0.15, -0.1) is 0 Å². The Morgan fingerprint density at radius 2 is 1.36 bits per heavy atom. The van der Waals surface area contributed by atoms with Crippen molar-refractivity contribution in [2.75, 3.05) is 0 Å². The third-order valence-electron chi connectivity index (χ3n) is 5.18. The van der Waals surface area contributed by atoms with Gasteiger partial charge in [-0.1, -0.05) is 81.5 Å². The van der Waals surface area contributed by atoms with Gasteiger partial charge in [0.2, 0.25) is 0 Å². The standard InChI is InChI=1S/C26H28N2/c1-2-3-4-5-6-7-8-21-9-13-23(14-10-21)25-17-18-26(28-20-25)24-15-11-22(19-27)12-16-24/h9-18,20H,2-8H2,1H3. The molecule has 3 rings (SSSR count). The summed E-state index contributed by atoms with van der Waals surface area (Å²) >= 11 is 0. The van der Waals surface area contributed by atoms with Crippen LogP contribution in [0.4, 0.5) is 0 Å². The largest absolute Gasteiger partial charge is 0.256 e. The lowest BCUT2D eigenvalue weighted by molar-refractivity contribution is 0.607. The molecule has 0 N–H and O–H groups in total. The van der Waals surface area contributed by atoms with Crippen LogP contribution in [0.15, 0.2) is 66.9 Å². The second kappa shape index (κ2) is 10.4. The number of benzene rings is 2. The van der Waals surface area contributed by atoms with Gasteiger partial charge in [0.15, 0.2) is 0 Å². The lowest BCUT2D eigenvalue weighted by Crippen LogP contribution is -1.88. The number of aryl methyl sites for hydroxylation is 1. The first-order valence-electron chi connectivity index (χ1n) is 10.4. The van der Waals surface area contributed by atoms with Crippen molar-refractivity contribution < 1.29 is 0 Å². The third kappa shape index (κ3) is 5.54. The fourth-order valence-corrected chi connectivity index (χ4v) is 3.42. The summed E-state index contributed by atoms with van der Waals surface area (Å²) in [5.41, 5.74) is 6.37. The minimum atomic E-state index is 0.668. The summed E-state index contributed by atoms with van der Waals surface area (Å²) < 4.78 is 0. The van der Waals surface area contributed by atoms with Gasteiger partial charge in [-0.05, 0) is 42.2 Å². The van der Waals surface area contributed by atoms with E-state index in [0.29, 0.717) is 5.56 Å². The minimum absolute atomic E-state index is 0.668. The molecule has 0 saturated carbocycles. The second-order valence-corrected chi connectivity index (χ2v) is 7.34. The van der Waals surface area contributed by atoms with Crippen LogP contribution in [0, 0.1) is 11.3 Å². The monoisotopic (exact) mass is 368 g/mol. The molecule has 0 bridgehead atoms. The molecule has 2 aromatic carbocycles. The van der Waals surface area contributed by atoms with Crippen molar-refractivity contribution in [2.45, 2.75) is 51.9 Å². The van der Waals surface area contributed by atoms with E-state index in [4.69, 9.17) is 5.26 Å². The van der Waals surface area contributed by atoms with Crippen LogP contribution in [-0.4, -0.2) is 4.98 Å². The lowest BCUT2D eigenvalue weighted by Gasteiger charge is -2.06. The molecule has 2 heteroatoms. The molecule has 2 nitrogen and oxygen atoms in total. The Labute approximate surface area is 168 Å². The molecule has 0 fully saturated rings. The zero-order valence-corrected chi connectivity index (χ0v) is 16.7. The number of nitriles is 1. The van der Waals surface area contributed by atoms with Gasteiger partial charge in [0.05, 0.1) is 17.3 Å². The first-order valence-corrected chi connectivity index (χ1v) is 10.4. The molecule has 0 aliphatic heterocycles. The summed E-state index contributed by atoms with van der Waals surface area (Å²) in [5.74, 6) is 0. The number of hydrogen-bond donors (Lipinski definition) is 0. The Kier molecular flexibility index (Phi) is 7.38. The van der Waals surface area contributed by atoms with Crippen molar-refractivity contribution in [2.24, 2.45) is 0 Å². The zero-order chi connectivity index (χ0) is 19.6. The van der Waals surface area contributed by atoms with Crippen LogP contribution in [0.1, 0.15) is 56.6 Å². The Morgan fingerprint density at radius 1 is 0.714 bits per heavy atom. The molecule has 0 unspecified atom stereocenters. The highest BCUT2D eigenvalue weighted by atomic mass is 14.7. The number of unbranched alkanes of at least 4 members (excludes halogenated alkanes) is 5. The molecule has 0 aliphatic carbocycles. The van der Waals surface area contributed by atoms with Crippen molar-refractivity contribution >= 4 is 0 Å². The molecule has 3 aromatic rings. The van der Waals surface area contributed by atoms with E-state index in [0.717, 1.165) is 16.8 Å². The second-order valence-electron chi connectivity index (χ2n) is 7.34. The molecule has 1 heterocycles. The van der Waals surface area contributed by atoms with Gasteiger partial charge in [0.25, 0.3) is 0 Å². The van der Waals surface area contributed by atoms with Crippen LogP contribution in [0.25, 0.3) is 22.4 Å². The van der Waals surface area contributed by atoms with E-state index in [9.17, 15) is 0 Å². The highest BCUT2D eigenvalue weighted by Crippen LogP contribution is 2.23. The highest BCUT2D eigenvalue weighted by Gasteiger charge is 2.03. The molecule has 0 atom stereocenters. The summed E-state index contributed by atoms with van der Waals surface area (Å²) in [6, 6.07) is 22.7. The predicted molar refractivity (Wildman–Crippen MR) is 117 cm³/mol. The van der Waals surface area contributed by atoms with Gasteiger partial charge in [0.1, 0.15) is 0 Å². The Bertz CT molecular complexity index is 885. The lowest BCUT2D eigenvalue weighted by atomic mass is 10.0. The van der Waals surface area contributed by atoms with E-state index in [1.54, 1.807) is 0 Å². The van der Waals surface area contributed by atoms with Crippen molar-refractivity contribution in [3.05, 3.63) is 78.0 Å². The molecule has 142 valence electrons. The quantitative estimate of drug-likeness (QED) is 0.375. The summed E-state index contributed by atoms with van der Waals surface area (Å²) in [6.07, 6.45) is 11.1. The fourth-order valence-electron chi connectivity index (χ4n) is 3.42. The summed E-state index contributed by atoms with van der Waals surface area (Å²) in [5, 5.41) is 8.91. The van der Waals surface area contributed by atoms with Crippen molar-refractivity contribution in [1.29, 1.82) is 5.26 Å². The van der Waals surface area contributed by atoms with Crippen LogP contribution < -0.4 is 0 Å². The Morgan fingerprint density at radius 3 is 2.00 bits per heavy atom. The molecule has 0 amide bonds. The summed E-state index contributed by atoms with van der Waals surface area (Å²) in [7, 11) is 0. The topological polar surface area (TPSA) is 36.7 Å². The fraction of sp³-hybridized carbons (Fsp3) is 0.308. The van der Waals surface area contributed by atoms with Crippen LogP contribution in [0.2, 0.25) is 0 Å². The minimum Gasteiger partial charge on any atom is -0.256 e. The smallest absolute Gasteiger partial charge is 0.0991 e. The van der Waals surface area contributed by atoms with Gasteiger partial charge in [-0.3, -0.25) is 4.98 Å². The molecule has 0 spiro atoms. The van der Waals surface area contributed by atoms with Crippen LogP contribution in [0.5, 0.6) is 0 Å². The summed E-state index contributed by atoms with van der Waals surface area (Å²) in [6.45, 7) is 2.26. The SMILES string of the molecule is CCCCCCCCc1ccc(-c2ccc(-c3ccc(C#N)cc3)nc2)cc1. The first-order chi connectivity index (χ1) is 13.8.